The van der Waals surface area contributed by atoms with Crippen molar-refractivity contribution in [2.45, 2.75) is 32.1 Å². The summed E-state index contributed by atoms with van der Waals surface area (Å²) < 4.78 is 5.76. The molecule has 3 rings (SSSR count). The Kier molecular flexibility index (Phi) is 4.77. The van der Waals surface area contributed by atoms with Crippen molar-refractivity contribution in [2.24, 2.45) is 11.8 Å². The first-order valence-electron chi connectivity index (χ1n) is 8.19. The zero-order valence-electron chi connectivity index (χ0n) is 12.6. The summed E-state index contributed by atoms with van der Waals surface area (Å²) in [5.74, 6) is 2.75. The van der Waals surface area contributed by atoms with E-state index in [0.29, 0.717) is 5.56 Å². The quantitative estimate of drug-likeness (QED) is 0.652. The minimum absolute atomic E-state index is 0.664. The van der Waals surface area contributed by atoms with Gasteiger partial charge in [0.1, 0.15) is 5.75 Å². The highest BCUT2D eigenvalue weighted by atomic mass is 16.5. The van der Waals surface area contributed by atoms with E-state index >= 15 is 0 Å². The van der Waals surface area contributed by atoms with E-state index in [1.54, 1.807) is 6.07 Å². The van der Waals surface area contributed by atoms with Gasteiger partial charge in [0.15, 0.2) is 0 Å². The largest absolute Gasteiger partial charge is 0.494 e. The van der Waals surface area contributed by atoms with Crippen LogP contribution in [0.4, 0.5) is 0 Å². The molecule has 0 saturated heterocycles. The summed E-state index contributed by atoms with van der Waals surface area (Å²) in [7, 11) is 0. The van der Waals surface area contributed by atoms with Gasteiger partial charge in [0.2, 0.25) is 0 Å². The van der Waals surface area contributed by atoms with E-state index in [-0.39, 0.29) is 0 Å². The highest BCUT2D eigenvalue weighted by Gasteiger charge is 2.28. The molecule has 2 fully saturated rings. The minimum Gasteiger partial charge on any atom is -0.494 e. The zero-order valence-corrected chi connectivity index (χ0v) is 12.6. The van der Waals surface area contributed by atoms with Gasteiger partial charge in [-0.05, 0) is 62.1 Å². The van der Waals surface area contributed by atoms with E-state index in [2.05, 4.69) is 11.0 Å². The normalized spacial score (nSPS) is 17.7. The van der Waals surface area contributed by atoms with Gasteiger partial charge in [0.05, 0.1) is 18.2 Å². The Morgan fingerprint density at radius 2 is 1.86 bits per heavy atom. The third-order valence-electron chi connectivity index (χ3n) is 4.28. The number of nitriles is 1. The molecule has 0 aromatic heterocycles. The molecule has 2 aliphatic rings. The molecule has 112 valence electrons. The predicted molar refractivity (Wildman–Crippen MR) is 83.2 cm³/mol. The number of benzene rings is 1. The van der Waals surface area contributed by atoms with Crippen LogP contribution in [0.15, 0.2) is 24.3 Å². The van der Waals surface area contributed by atoms with Gasteiger partial charge in [0, 0.05) is 19.6 Å². The SMILES string of the molecule is N#Cc1cccc(OCCCN(CC2CC2)CC2CC2)c1. The Labute approximate surface area is 127 Å². The molecule has 21 heavy (non-hydrogen) atoms. The first-order chi connectivity index (χ1) is 10.3. The zero-order chi connectivity index (χ0) is 14.5. The number of hydrogen-bond acceptors (Lipinski definition) is 3. The Morgan fingerprint density at radius 1 is 1.14 bits per heavy atom. The van der Waals surface area contributed by atoms with Crippen LogP contribution >= 0.6 is 0 Å². The van der Waals surface area contributed by atoms with Gasteiger partial charge in [0.25, 0.3) is 0 Å². The van der Waals surface area contributed by atoms with Crippen molar-refractivity contribution >= 4 is 0 Å². The van der Waals surface area contributed by atoms with Crippen LogP contribution < -0.4 is 4.74 Å². The third-order valence-corrected chi connectivity index (χ3v) is 4.28. The number of hydrogen-bond donors (Lipinski definition) is 0. The van der Waals surface area contributed by atoms with E-state index in [4.69, 9.17) is 10.00 Å². The van der Waals surface area contributed by atoms with Crippen molar-refractivity contribution in [3.8, 4) is 11.8 Å². The molecule has 0 radical (unpaired) electrons. The molecule has 0 spiro atoms. The molecule has 0 bridgehead atoms. The van der Waals surface area contributed by atoms with Gasteiger partial charge in [-0.15, -0.1) is 0 Å². The van der Waals surface area contributed by atoms with Crippen LogP contribution in [0.25, 0.3) is 0 Å². The lowest BCUT2D eigenvalue weighted by atomic mass is 10.2. The average Bonchev–Trinajstić information content (AvgIpc) is 3.40. The molecule has 0 amide bonds. The monoisotopic (exact) mass is 284 g/mol. The highest BCUT2D eigenvalue weighted by molar-refractivity contribution is 5.36. The molecule has 1 aromatic carbocycles. The van der Waals surface area contributed by atoms with Gasteiger partial charge in [-0.2, -0.15) is 5.26 Å². The van der Waals surface area contributed by atoms with Crippen molar-refractivity contribution in [1.82, 2.24) is 4.90 Å². The Hall–Kier alpha value is -1.53. The second-order valence-corrected chi connectivity index (χ2v) is 6.49. The molecule has 2 aliphatic carbocycles. The lowest BCUT2D eigenvalue weighted by Gasteiger charge is -2.22. The lowest BCUT2D eigenvalue weighted by Crippen LogP contribution is -2.30. The van der Waals surface area contributed by atoms with Crippen LogP contribution in [0, 0.1) is 23.2 Å². The fourth-order valence-corrected chi connectivity index (χ4v) is 2.72. The van der Waals surface area contributed by atoms with Crippen molar-refractivity contribution in [2.75, 3.05) is 26.2 Å². The van der Waals surface area contributed by atoms with Crippen molar-refractivity contribution in [1.29, 1.82) is 5.26 Å². The topological polar surface area (TPSA) is 36.3 Å². The molecule has 2 saturated carbocycles. The smallest absolute Gasteiger partial charge is 0.120 e. The second kappa shape index (κ2) is 6.95. The molecule has 0 atom stereocenters. The van der Waals surface area contributed by atoms with Gasteiger partial charge in [-0.1, -0.05) is 6.07 Å². The lowest BCUT2D eigenvalue weighted by molar-refractivity contribution is 0.221. The van der Waals surface area contributed by atoms with Crippen molar-refractivity contribution in [3.63, 3.8) is 0 Å². The van der Waals surface area contributed by atoms with Gasteiger partial charge in [-0.3, -0.25) is 0 Å². The number of nitrogens with zero attached hydrogens (tertiary/aromatic N) is 2. The molecule has 3 heteroatoms. The van der Waals surface area contributed by atoms with Crippen LogP contribution in [0.5, 0.6) is 5.75 Å². The molecule has 0 aliphatic heterocycles. The predicted octanol–water partition coefficient (Wildman–Crippen LogP) is 3.45. The minimum atomic E-state index is 0.664. The van der Waals surface area contributed by atoms with E-state index in [0.717, 1.165) is 37.2 Å². The van der Waals surface area contributed by atoms with Crippen LogP contribution in [-0.4, -0.2) is 31.1 Å². The first-order valence-corrected chi connectivity index (χ1v) is 8.19. The summed E-state index contributed by atoms with van der Waals surface area (Å²) in [6, 6.07) is 9.56. The van der Waals surface area contributed by atoms with Crippen LogP contribution in [0.1, 0.15) is 37.7 Å². The Bertz CT molecular complexity index is 486. The Balaban J connectivity index is 1.38. The summed E-state index contributed by atoms with van der Waals surface area (Å²) in [5, 5.41) is 8.87. The first kappa shape index (κ1) is 14.4. The van der Waals surface area contributed by atoms with E-state index in [9.17, 15) is 0 Å². The molecule has 0 heterocycles. The molecule has 1 aromatic rings. The Morgan fingerprint density at radius 3 is 2.48 bits per heavy atom. The van der Waals surface area contributed by atoms with E-state index in [1.165, 1.54) is 38.8 Å². The van der Waals surface area contributed by atoms with Gasteiger partial charge < -0.3 is 9.64 Å². The number of ether oxygens (including phenoxy) is 1. The molecular weight excluding hydrogens is 260 g/mol. The maximum Gasteiger partial charge on any atom is 0.120 e. The molecule has 3 nitrogen and oxygen atoms in total. The van der Waals surface area contributed by atoms with Crippen molar-refractivity contribution in [3.05, 3.63) is 29.8 Å². The van der Waals surface area contributed by atoms with Gasteiger partial charge in [-0.25, -0.2) is 0 Å². The van der Waals surface area contributed by atoms with Crippen LogP contribution in [0.2, 0.25) is 0 Å². The average molecular weight is 284 g/mol. The highest BCUT2D eigenvalue weighted by Crippen LogP contribution is 2.33. The van der Waals surface area contributed by atoms with Gasteiger partial charge >= 0.3 is 0 Å². The summed E-state index contributed by atoms with van der Waals surface area (Å²) >= 11 is 0. The van der Waals surface area contributed by atoms with Crippen LogP contribution in [0.3, 0.4) is 0 Å². The third kappa shape index (κ3) is 5.06. The summed E-state index contributed by atoms with van der Waals surface area (Å²) in [6.07, 6.45) is 6.78. The molecule has 0 N–H and O–H groups in total. The van der Waals surface area contributed by atoms with Crippen LogP contribution in [-0.2, 0) is 0 Å². The second-order valence-electron chi connectivity index (χ2n) is 6.49. The number of rotatable bonds is 9. The fraction of sp³-hybridized carbons (Fsp3) is 0.611. The van der Waals surface area contributed by atoms with E-state index < -0.39 is 0 Å². The summed E-state index contributed by atoms with van der Waals surface area (Å²) in [4.78, 5) is 2.64. The molecule has 0 unspecified atom stereocenters. The summed E-state index contributed by atoms with van der Waals surface area (Å²) in [6.45, 7) is 4.46. The van der Waals surface area contributed by atoms with E-state index in [1.807, 2.05) is 18.2 Å². The molecular formula is C18H24N2O. The standard InChI is InChI=1S/C18H24N2O/c19-12-17-3-1-4-18(11-17)21-10-2-9-20(13-15-5-6-15)14-16-7-8-16/h1,3-4,11,15-16H,2,5-10,13-14H2. The maximum atomic E-state index is 8.87. The maximum absolute atomic E-state index is 8.87. The fourth-order valence-electron chi connectivity index (χ4n) is 2.72. The summed E-state index contributed by atoms with van der Waals surface area (Å²) in [5.41, 5.74) is 0.664. The van der Waals surface area contributed by atoms with Crippen molar-refractivity contribution < 1.29 is 4.74 Å².